The van der Waals surface area contributed by atoms with E-state index in [1.54, 1.807) is 12.3 Å². The summed E-state index contributed by atoms with van der Waals surface area (Å²) in [5.41, 5.74) is 5.95. The summed E-state index contributed by atoms with van der Waals surface area (Å²) in [7, 11) is 0. The van der Waals surface area contributed by atoms with Gasteiger partial charge in [-0.1, -0.05) is 55.1 Å². The van der Waals surface area contributed by atoms with Crippen LogP contribution in [-0.2, 0) is 0 Å². The van der Waals surface area contributed by atoms with E-state index in [-0.39, 0.29) is 0 Å². The SMILES string of the molecule is C=CCOc1cccc(/C=N\Nc2nc(-c3ccccc3)cs2)c1. The fraction of sp³-hybridized carbons (Fsp3) is 0.0526. The Morgan fingerprint density at radius 1 is 1.17 bits per heavy atom. The van der Waals surface area contributed by atoms with E-state index in [9.17, 15) is 0 Å². The average molecular weight is 335 g/mol. The molecule has 0 fully saturated rings. The molecular formula is C19H17N3OS. The number of nitrogens with zero attached hydrogens (tertiary/aromatic N) is 2. The molecule has 4 nitrogen and oxygen atoms in total. The number of anilines is 1. The van der Waals surface area contributed by atoms with Crippen LogP contribution in [0, 0.1) is 0 Å². The van der Waals surface area contributed by atoms with Crippen molar-refractivity contribution in [1.29, 1.82) is 0 Å². The van der Waals surface area contributed by atoms with Crippen LogP contribution >= 0.6 is 11.3 Å². The van der Waals surface area contributed by atoms with Gasteiger partial charge in [-0.2, -0.15) is 5.10 Å². The van der Waals surface area contributed by atoms with Crippen molar-refractivity contribution in [2.24, 2.45) is 5.10 Å². The van der Waals surface area contributed by atoms with Gasteiger partial charge in [0.25, 0.3) is 0 Å². The number of aromatic nitrogens is 1. The van der Waals surface area contributed by atoms with E-state index in [1.165, 1.54) is 11.3 Å². The molecule has 0 aliphatic rings. The Balaban J connectivity index is 1.62. The minimum atomic E-state index is 0.486. The Bertz CT molecular complexity index is 827. The zero-order valence-electron chi connectivity index (χ0n) is 13.1. The highest BCUT2D eigenvalue weighted by Gasteiger charge is 2.02. The van der Waals surface area contributed by atoms with Crippen LogP contribution in [-0.4, -0.2) is 17.8 Å². The van der Waals surface area contributed by atoms with Crippen LogP contribution in [0.1, 0.15) is 5.56 Å². The second kappa shape index (κ2) is 8.08. The van der Waals surface area contributed by atoms with Crippen molar-refractivity contribution in [2.45, 2.75) is 0 Å². The molecule has 24 heavy (non-hydrogen) atoms. The molecule has 0 saturated carbocycles. The van der Waals surface area contributed by atoms with Crippen molar-refractivity contribution in [3.63, 3.8) is 0 Å². The molecule has 0 saturated heterocycles. The molecule has 3 aromatic rings. The lowest BCUT2D eigenvalue weighted by Gasteiger charge is -2.03. The van der Waals surface area contributed by atoms with Crippen LogP contribution in [0.3, 0.4) is 0 Å². The zero-order valence-corrected chi connectivity index (χ0v) is 13.9. The highest BCUT2D eigenvalue weighted by Crippen LogP contribution is 2.24. The number of rotatable bonds is 7. The Kier molecular flexibility index (Phi) is 5.37. The normalized spacial score (nSPS) is 10.7. The number of hydrogen-bond acceptors (Lipinski definition) is 5. The molecule has 1 N–H and O–H groups in total. The fourth-order valence-corrected chi connectivity index (χ4v) is 2.74. The quantitative estimate of drug-likeness (QED) is 0.382. The molecule has 5 heteroatoms. The first-order chi connectivity index (χ1) is 11.8. The standard InChI is InChI=1S/C19H17N3OS/c1-2-11-23-17-10-6-7-15(12-17)13-20-22-19-21-18(14-24-19)16-8-4-3-5-9-16/h2-10,12-14H,1,11H2,(H,21,22)/b20-13-. The predicted molar refractivity (Wildman–Crippen MR) is 101 cm³/mol. The smallest absolute Gasteiger partial charge is 0.203 e. The molecule has 120 valence electrons. The van der Waals surface area contributed by atoms with E-state index in [1.807, 2.05) is 60.0 Å². The first-order valence-electron chi connectivity index (χ1n) is 7.49. The molecule has 0 amide bonds. The lowest BCUT2D eigenvalue weighted by atomic mass is 10.2. The first kappa shape index (κ1) is 16.0. The van der Waals surface area contributed by atoms with Crippen LogP contribution in [0.2, 0.25) is 0 Å². The summed E-state index contributed by atoms with van der Waals surface area (Å²) in [4.78, 5) is 4.53. The van der Waals surface area contributed by atoms with Gasteiger partial charge in [0.2, 0.25) is 5.13 Å². The molecule has 0 spiro atoms. The average Bonchev–Trinajstić information content (AvgIpc) is 3.10. The van der Waals surface area contributed by atoms with E-state index in [4.69, 9.17) is 4.74 Å². The third-order valence-corrected chi connectivity index (χ3v) is 3.92. The van der Waals surface area contributed by atoms with Crippen LogP contribution in [0.25, 0.3) is 11.3 Å². The van der Waals surface area contributed by atoms with Gasteiger partial charge in [-0.3, -0.25) is 5.43 Å². The van der Waals surface area contributed by atoms with Crippen molar-refractivity contribution < 1.29 is 4.74 Å². The highest BCUT2D eigenvalue weighted by atomic mass is 32.1. The maximum Gasteiger partial charge on any atom is 0.203 e. The van der Waals surface area contributed by atoms with Gasteiger partial charge in [-0.15, -0.1) is 11.3 Å². The molecule has 1 heterocycles. The molecule has 0 unspecified atom stereocenters. The minimum Gasteiger partial charge on any atom is -0.490 e. The Labute approximate surface area is 145 Å². The van der Waals surface area contributed by atoms with Crippen molar-refractivity contribution >= 4 is 22.7 Å². The first-order valence-corrected chi connectivity index (χ1v) is 8.37. The molecule has 2 aromatic carbocycles. The van der Waals surface area contributed by atoms with Gasteiger partial charge in [0.1, 0.15) is 12.4 Å². The summed E-state index contributed by atoms with van der Waals surface area (Å²) < 4.78 is 5.50. The molecule has 1 aromatic heterocycles. The van der Waals surface area contributed by atoms with E-state index >= 15 is 0 Å². The lowest BCUT2D eigenvalue weighted by Crippen LogP contribution is -1.94. The van der Waals surface area contributed by atoms with Crippen LogP contribution in [0.4, 0.5) is 5.13 Å². The Hall–Kier alpha value is -2.92. The monoisotopic (exact) mass is 335 g/mol. The van der Waals surface area contributed by atoms with Crippen LogP contribution in [0.5, 0.6) is 5.75 Å². The second-order valence-corrected chi connectivity index (χ2v) is 5.80. The summed E-state index contributed by atoms with van der Waals surface area (Å²) in [6.07, 6.45) is 3.46. The van der Waals surface area contributed by atoms with Gasteiger partial charge in [0, 0.05) is 10.9 Å². The third-order valence-electron chi connectivity index (χ3n) is 3.17. The summed E-state index contributed by atoms with van der Waals surface area (Å²) in [6.45, 7) is 4.12. The molecule has 0 atom stereocenters. The topological polar surface area (TPSA) is 46.5 Å². The molecule has 3 rings (SSSR count). The third kappa shape index (κ3) is 4.30. The van der Waals surface area contributed by atoms with Crippen LogP contribution in [0.15, 0.2) is 77.7 Å². The number of hydrazone groups is 1. The van der Waals surface area contributed by atoms with Crippen molar-refractivity contribution in [3.8, 4) is 17.0 Å². The molecule has 0 bridgehead atoms. The highest BCUT2D eigenvalue weighted by molar-refractivity contribution is 7.14. The summed E-state index contributed by atoms with van der Waals surface area (Å²) >= 11 is 1.52. The van der Waals surface area contributed by atoms with Gasteiger partial charge in [0.15, 0.2) is 0 Å². The van der Waals surface area contributed by atoms with E-state index < -0.39 is 0 Å². The van der Waals surface area contributed by atoms with E-state index in [0.717, 1.165) is 27.7 Å². The summed E-state index contributed by atoms with van der Waals surface area (Å²) in [5.74, 6) is 0.791. The number of benzene rings is 2. The maximum atomic E-state index is 5.50. The van der Waals surface area contributed by atoms with Gasteiger partial charge in [-0.25, -0.2) is 4.98 Å². The van der Waals surface area contributed by atoms with Crippen LogP contribution < -0.4 is 10.2 Å². The maximum absolute atomic E-state index is 5.50. The van der Waals surface area contributed by atoms with Crippen molar-refractivity contribution in [3.05, 3.63) is 78.2 Å². The molecule has 0 aliphatic heterocycles. The number of thiazole rings is 1. The number of ether oxygens (including phenoxy) is 1. The van der Waals surface area contributed by atoms with Gasteiger partial charge < -0.3 is 4.74 Å². The van der Waals surface area contributed by atoms with E-state index in [0.29, 0.717) is 6.61 Å². The number of nitrogens with one attached hydrogen (secondary N) is 1. The fourth-order valence-electron chi connectivity index (χ4n) is 2.07. The Morgan fingerprint density at radius 2 is 2.04 bits per heavy atom. The molecular weight excluding hydrogens is 318 g/mol. The van der Waals surface area contributed by atoms with Crippen molar-refractivity contribution in [1.82, 2.24) is 4.98 Å². The molecule has 0 aliphatic carbocycles. The minimum absolute atomic E-state index is 0.486. The van der Waals surface area contributed by atoms with E-state index in [2.05, 4.69) is 22.1 Å². The second-order valence-electron chi connectivity index (χ2n) is 4.95. The summed E-state index contributed by atoms with van der Waals surface area (Å²) in [6, 6.07) is 17.8. The van der Waals surface area contributed by atoms with Gasteiger partial charge in [0.05, 0.1) is 11.9 Å². The number of hydrogen-bond donors (Lipinski definition) is 1. The largest absolute Gasteiger partial charge is 0.490 e. The van der Waals surface area contributed by atoms with Gasteiger partial charge >= 0.3 is 0 Å². The molecule has 0 radical (unpaired) electrons. The van der Waals surface area contributed by atoms with Crippen molar-refractivity contribution in [2.75, 3.05) is 12.0 Å². The predicted octanol–water partition coefficient (Wildman–Crippen LogP) is 4.82. The Morgan fingerprint density at radius 3 is 2.88 bits per heavy atom. The van der Waals surface area contributed by atoms with Gasteiger partial charge in [-0.05, 0) is 17.7 Å². The lowest BCUT2D eigenvalue weighted by molar-refractivity contribution is 0.363. The zero-order chi connectivity index (χ0) is 16.6. The summed E-state index contributed by atoms with van der Waals surface area (Å²) in [5, 5.41) is 7.00.